The van der Waals surface area contributed by atoms with Gasteiger partial charge in [0.15, 0.2) is 5.60 Å². The molecule has 0 amide bonds. The third-order valence-electron chi connectivity index (χ3n) is 5.51. The van der Waals surface area contributed by atoms with Crippen molar-refractivity contribution in [3.8, 4) is 0 Å². The highest BCUT2D eigenvalue weighted by atomic mass is 16.5. The molecule has 0 N–H and O–H groups in total. The summed E-state index contributed by atoms with van der Waals surface area (Å²) in [4.78, 5) is 0. The summed E-state index contributed by atoms with van der Waals surface area (Å²) in [5.41, 5.74) is 1.99. The van der Waals surface area contributed by atoms with E-state index in [4.69, 9.17) is 12.6 Å². The predicted octanol–water partition coefficient (Wildman–Crippen LogP) is 3.14. The minimum atomic E-state index is -0.437. The molecule has 0 aliphatic carbocycles. The van der Waals surface area contributed by atoms with E-state index in [1.54, 1.807) is 0 Å². The molecule has 2 aliphatic heterocycles. The highest BCUT2D eigenvalue weighted by Crippen LogP contribution is 2.51. The molecule has 0 aromatic heterocycles. The van der Waals surface area contributed by atoms with E-state index < -0.39 is 5.60 Å². The van der Waals surface area contributed by atoms with Crippen molar-refractivity contribution in [3.05, 3.63) is 71.8 Å². The third kappa shape index (κ3) is 1.77. The Morgan fingerprint density at radius 2 is 1.59 bits per heavy atom. The second kappa shape index (κ2) is 5.00. The summed E-state index contributed by atoms with van der Waals surface area (Å²) >= 11 is 0. The van der Waals surface area contributed by atoms with Crippen molar-refractivity contribution in [2.45, 2.75) is 31.3 Å². The Bertz CT molecular complexity index is 624. The van der Waals surface area contributed by atoms with E-state index in [0.717, 1.165) is 19.4 Å². The Balaban J connectivity index is 1.95. The van der Waals surface area contributed by atoms with Gasteiger partial charge < -0.3 is 8.96 Å². The topological polar surface area (TPSA) is 9.23 Å². The zero-order chi connectivity index (χ0) is 15.2. The van der Waals surface area contributed by atoms with Crippen molar-refractivity contribution in [1.29, 1.82) is 0 Å². The molecule has 2 aliphatic rings. The standard InChI is InChI=1S/C18H20B2NO/c1-20-21(19)14-8-13-17(21)18(22-20,15-9-4-2-5-10-15)16-11-6-3-7-12-16/h2-7,9-12,17H,8,13-14H2,1H3/q+1/t17-,21-/m0/s1. The van der Waals surface area contributed by atoms with Crippen LogP contribution in [0.25, 0.3) is 0 Å². The van der Waals surface area contributed by atoms with Crippen LogP contribution in [0.3, 0.4) is 0 Å². The fourth-order valence-corrected chi connectivity index (χ4v) is 4.44. The van der Waals surface area contributed by atoms with Gasteiger partial charge in [0.1, 0.15) is 0 Å². The summed E-state index contributed by atoms with van der Waals surface area (Å²) in [6.45, 7) is 3.11. The largest absolute Gasteiger partial charge is 0.550 e. The zero-order valence-corrected chi connectivity index (χ0v) is 13.0. The van der Waals surface area contributed by atoms with E-state index in [2.05, 4.69) is 67.5 Å². The maximum absolute atomic E-state index is 6.77. The Hall–Kier alpha value is -1.51. The first-order valence-electron chi connectivity index (χ1n) is 8.13. The molecule has 2 heterocycles. The maximum atomic E-state index is 6.77. The fourth-order valence-electron chi connectivity index (χ4n) is 4.44. The van der Waals surface area contributed by atoms with Gasteiger partial charge in [-0.2, -0.15) is 0 Å². The average Bonchev–Trinajstić information content (AvgIpc) is 3.06. The normalized spacial score (nSPS) is 29.5. The van der Waals surface area contributed by atoms with Gasteiger partial charge in [-0.3, -0.25) is 0 Å². The van der Waals surface area contributed by atoms with Crippen LogP contribution in [-0.4, -0.2) is 31.9 Å². The number of hydrogen-bond donors (Lipinski definition) is 0. The van der Waals surface area contributed by atoms with Crippen LogP contribution in [0.15, 0.2) is 60.7 Å². The van der Waals surface area contributed by atoms with Crippen molar-refractivity contribution < 1.29 is 8.96 Å². The number of fused-ring (bicyclic) bond motifs is 1. The number of nitrogens with zero attached hydrogens (tertiary/aromatic N) is 1. The first kappa shape index (κ1) is 14.1. The Labute approximate surface area is 134 Å². The molecule has 2 nitrogen and oxygen atoms in total. The monoisotopic (exact) mass is 288 g/mol. The van der Waals surface area contributed by atoms with Crippen LogP contribution in [0, 0.1) is 0 Å². The summed E-state index contributed by atoms with van der Waals surface area (Å²) in [6.07, 6.45) is 2.26. The predicted molar refractivity (Wildman–Crippen MR) is 90.3 cm³/mol. The van der Waals surface area contributed by atoms with Crippen molar-refractivity contribution >= 4 is 15.0 Å². The lowest BCUT2D eigenvalue weighted by atomic mass is 9.75. The van der Waals surface area contributed by atoms with Gasteiger partial charge in [0, 0.05) is 19.8 Å². The Morgan fingerprint density at radius 1 is 1.05 bits per heavy atom. The van der Waals surface area contributed by atoms with E-state index in [1.165, 1.54) is 11.1 Å². The highest BCUT2D eigenvalue weighted by Gasteiger charge is 2.65. The smallest absolute Gasteiger partial charge is 0.437 e. The molecule has 0 bridgehead atoms. The summed E-state index contributed by atoms with van der Waals surface area (Å²) in [7, 11) is 6.78. The van der Waals surface area contributed by atoms with E-state index in [9.17, 15) is 0 Å². The number of rotatable bonds is 2. The van der Waals surface area contributed by atoms with Crippen LogP contribution in [0.1, 0.15) is 24.0 Å². The Morgan fingerprint density at radius 3 is 2.14 bits per heavy atom. The van der Waals surface area contributed by atoms with Crippen molar-refractivity contribution in [3.63, 3.8) is 0 Å². The van der Waals surface area contributed by atoms with Crippen LogP contribution in [0.2, 0.25) is 6.82 Å². The zero-order valence-electron chi connectivity index (χ0n) is 13.0. The molecule has 0 unspecified atom stereocenters. The lowest BCUT2D eigenvalue weighted by Crippen LogP contribution is -2.55. The second-order valence-corrected chi connectivity index (χ2v) is 6.56. The Kier molecular flexibility index (Phi) is 3.21. The molecule has 4 heteroatoms. The SMILES string of the molecule is [B][N@+]12CCC[C@H]1C(c1ccccc1)(c1ccccc1)OB2C. The van der Waals surface area contributed by atoms with Crippen molar-refractivity contribution in [2.75, 3.05) is 6.54 Å². The lowest BCUT2D eigenvalue weighted by Gasteiger charge is -2.39. The van der Waals surface area contributed by atoms with Crippen molar-refractivity contribution in [2.24, 2.45) is 0 Å². The molecule has 2 radical (unpaired) electrons. The minimum absolute atomic E-state index is 0.00733. The molecule has 2 saturated heterocycles. The molecule has 2 aromatic carbocycles. The molecule has 2 atom stereocenters. The van der Waals surface area contributed by atoms with Gasteiger partial charge >= 0.3 is 15.0 Å². The van der Waals surface area contributed by atoms with Crippen LogP contribution >= 0.6 is 0 Å². The lowest BCUT2D eigenvalue weighted by molar-refractivity contribution is -0.716. The molecule has 108 valence electrons. The molecule has 22 heavy (non-hydrogen) atoms. The van der Waals surface area contributed by atoms with E-state index in [1.807, 2.05) is 0 Å². The van der Waals surface area contributed by atoms with Gasteiger partial charge in [0.2, 0.25) is 0 Å². The quantitative estimate of drug-likeness (QED) is 0.771. The van der Waals surface area contributed by atoms with Gasteiger partial charge in [-0.15, -0.1) is 0 Å². The van der Waals surface area contributed by atoms with Crippen LogP contribution < -0.4 is 0 Å². The van der Waals surface area contributed by atoms with Gasteiger partial charge in [-0.25, -0.2) is 0 Å². The van der Waals surface area contributed by atoms with E-state index in [-0.39, 0.29) is 13.1 Å². The number of hydrogen-bond acceptors (Lipinski definition) is 1. The van der Waals surface area contributed by atoms with Gasteiger partial charge in [-0.1, -0.05) is 60.7 Å². The van der Waals surface area contributed by atoms with Gasteiger partial charge in [-0.05, 0) is 17.5 Å². The summed E-state index contributed by atoms with van der Waals surface area (Å²) < 4.78 is 7.17. The van der Waals surface area contributed by atoms with E-state index in [0.29, 0.717) is 4.31 Å². The fraction of sp³-hybridized carbons (Fsp3) is 0.333. The average molecular weight is 288 g/mol. The molecule has 2 fully saturated rings. The molecule has 0 spiro atoms. The van der Waals surface area contributed by atoms with Crippen LogP contribution in [0.5, 0.6) is 0 Å². The van der Waals surface area contributed by atoms with Gasteiger partial charge in [0.05, 0.1) is 6.04 Å². The molecule has 0 saturated carbocycles. The summed E-state index contributed by atoms with van der Waals surface area (Å²) in [5.74, 6) is 0. The minimum Gasteiger partial charge on any atom is -0.437 e. The van der Waals surface area contributed by atoms with Crippen LogP contribution in [-0.2, 0) is 10.3 Å². The van der Waals surface area contributed by atoms with E-state index >= 15 is 0 Å². The van der Waals surface area contributed by atoms with Crippen molar-refractivity contribution in [1.82, 2.24) is 0 Å². The summed E-state index contributed by atoms with van der Waals surface area (Å²) in [6, 6.07) is 21.4. The van der Waals surface area contributed by atoms with Crippen LogP contribution in [0.4, 0.5) is 0 Å². The molecular weight excluding hydrogens is 268 g/mol. The second-order valence-electron chi connectivity index (χ2n) is 6.56. The number of quaternary nitrogens is 1. The molecule has 2 aromatic rings. The molecular formula is C18H20B2NO+. The third-order valence-corrected chi connectivity index (χ3v) is 5.51. The maximum Gasteiger partial charge on any atom is 0.550 e. The van der Waals surface area contributed by atoms with Gasteiger partial charge in [0.25, 0.3) is 0 Å². The molecule has 4 rings (SSSR count). The number of benzene rings is 2. The highest BCUT2D eigenvalue weighted by molar-refractivity contribution is 6.47. The summed E-state index contributed by atoms with van der Waals surface area (Å²) in [5, 5.41) is 0. The first-order chi connectivity index (χ1) is 10.7. The first-order valence-corrected chi connectivity index (χ1v) is 8.13.